The molecule has 2 rings (SSSR count). The zero-order valence-corrected chi connectivity index (χ0v) is 21.3. The second-order valence-electron chi connectivity index (χ2n) is 8.81. The minimum atomic E-state index is -0.983. The Labute approximate surface area is 206 Å². The number of likely N-dealkylation sites (N-methyl/N-ethyl adjacent to an activating group) is 1. The van der Waals surface area contributed by atoms with E-state index in [4.69, 9.17) is 9.47 Å². The molecule has 0 aliphatic carbocycles. The highest BCUT2D eigenvalue weighted by molar-refractivity contribution is 7.80. The highest BCUT2D eigenvalue weighted by atomic mass is 32.1. The molecule has 184 valence electrons. The first-order valence-electron chi connectivity index (χ1n) is 10.8. The van der Waals surface area contributed by atoms with Crippen molar-refractivity contribution < 1.29 is 23.9 Å². The Balaban J connectivity index is 2.31. The quantitative estimate of drug-likeness (QED) is 0.490. The summed E-state index contributed by atoms with van der Waals surface area (Å²) in [7, 11) is 3.09. The van der Waals surface area contributed by atoms with Crippen LogP contribution in [0.25, 0.3) is 0 Å². The zero-order chi connectivity index (χ0) is 25.5. The van der Waals surface area contributed by atoms with Crippen molar-refractivity contribution in [2.45, 2.75) is 45.4 Å². The minimum Gasteiger partial charge on any atom is -0.497 e. The molecule has 9 heteroatoms. The van der Waals surface area contributed by atoms with E-state index in [-0.39, 0.29) is 5.75 Å². The molecule has 0 radical (unpaired) electrons. The van der Waals surface area contributed by atoms with Crippen molar-refractivity contribution in [3.05, 3.63) is 59.7 Å². The van der Waals surface area contributed by atoms with Crippen LogP contribution in [0.4, 0.5) is 10.5 Å². The summed E-state index contributed by atoms with van der Waals surface area (Å²) in [6, 6.07) is 12.3. The van der Waals surface area contributed by atoms with Gasteiger partial charge in [-0.05, 0) is 63.1 Å². The molecule has 0 saturated carbocycles. The molecule has 0 aliphatic rings. The van der Waals surface area contributed by atoms with Crippen LogP contribution in [-0.2, 0) is 14.3 Å². The molecule has 0 fully saturated rings. The van der Waals surface area contributed by atoms with Crippen molar-refractivity contribution in [3.63, 3.8) is 0 Å². The molecule has 2 atom stereocenters. The standard InChI is InChI=1S/C25H33N3O5S/c1-16-9-7-8-10-19(16)21(22(29)26-17-11-13-18(32-6)14-12-17)28(5)23(30)20(15-34)27-24(31)33-25(2,3)4/h7-14,20-21,34H,15H2,1-6H3,(H,26,29)(H,27,31). The third-order valence-corrected chi connectivity index (χ3v) is 5.36. The summed E-state index contributed by atoms with van der Waals surface area (Å²) in [5, 5.41) is 5.42. The molecule has 2 N–H and O–H groups in total. The van der Waals surface area contributed by atoms with E-state index < -0.39 is 35.6 Å². The number of rotatable bonds is 8. The number of ether oxygens (including phenoxy) is 2. The van der Waals surface area contributed by atoms with E-state index in [0.717, 1.165) is 5.56 Å². The van der Waals surface area contributed by atoms with Gasteiger partial charge < -0.3 is 25.0 Å². The van der Waals surface area contributed by atoms with E-state index in [9.17, 15) is 14.4 Å². The number of carbonyl (C=O) groups excluding carboxylic acids is 3. The van der Waals surface area contributed by atoms with Gasteiger partial charge in [-0.25, -0.2) is 4.79 Å². The van der Waals surface area contributed by atoms with Crippen LogP contribution in [0.15, 0.2) is 48.5 Å². The fourth-order valence-electron chi connectivity index (χ4n) is 3.31. The Morgan fingerprint density at radius 3 is 2.21 bits per heavy atom. The van der Waals surface area contributed by atoms with E-state index >= 15 is 0 Å². The molecule has 2 aromatic carbocycles. The van der Waals surface area contributed by atoms with Crippen molar-refractivity contribution in [2.75, 3.05) is 25.2 Å². The van der Waals surface area contributed by atoms with Gasteiger partial charge >= 0.3 is 6.09 Å². The molecule has 0 aromatic heterocycles. The first kappa shape index (κ1) is 27.0. The number of hydrogen-bond acceptors (Lipinski definition) is 6. The van der Waals surface area contributed by atoms with Crippen LogP contribution in [0.5, 0.6) is 5.75 Å². The summed E-state index contributed by atoms with van der Waals surface area (Å²) in [6.45, 7) is 7.06. The Kier molecular flexibility index (Phi) is 9.37. The first-order valence-corrected chi connectivity index (χ1v) is 11.5. The average Bonchev–Trinajstić information content (AvgIpc) is 2.77. The molecular formula is C25H33N3O5S. The summed E-state index contributed by atoms with van der Waals surface area (Å²) in [5.41, 5.74) is 1.35. The van der Waals surface area contributed by atoms with Crippen molar-refractivity contribution in [1.82, 2.24) is 10.2 Å². The lowest BCUT2D eigenvalue weighted by Crippen LogP contribution is -2.52. The monoisotopic (exact) mass is 487 g/mol. The third kappa shape index (κ3) is 7.41. The molecule has 0 spiro atoms. The van der Waals surface area contributed by atoms with Crippen LogP contribution in [0.2, 0.25) is 0 Å². The maximum Gasteiger partial charge on any atom is 0.408 e. The molecule has 2 unspecified atom stereocenters. The summed E-state index contributed by atoms with van der Waals surface area (Å²) in [6.07, 6.45) is -0.733. The number of benzene rings is 2. The van der Waals surface area contributed by atoms with Crippen LogP contribution in [0, 0.1) is 6.92 Å². The van der Waals surface area contributed by atoms with Crippen LogP contribution in [0.1, 0.15) is 37.9 Å². The van der Waals surface area contributed by atoms with Crippen molar-refractivity contribution in [1.29, 1.82) is 0 Å². The summed E-state index contributed by atoms with van der Waals surface area (Å²) < 4.78 is 10.4. The summed E-state index contributed by atoms with van der Waals surface area (Å²) in [4.78, 5) is 40.3. The van der Waals surface area contributed by atoms with Crippen molar-refractivity contribution in [2.24, 2.45) is 0 Å². The summed E-state index contributed by atoms with van der Waals surface area (Å²) in [5.74, 6) is -0.182. The molecule has 8 nitrogen and oxygen atoms in total. The van der Waals surface area contributed by atoms with Crippen LogP contribution in [0.3, 0.4) is 0 Å². The number of thiol groups is 1. The molecule has 0 bridgehead atoms. The molecule has 34 heavy (non-hydrogen) atoms. The third-order valence-electron chi connectivity index (χ3n) is 5.00. The van der Waals surface area contributed by atoms with Gasteiger partial charge in [-0.1, -0.05) is 24.3 Å². The number of aryl methyl sites for hydroxylation is 1. The number of nitrogens with one attached hydrogen (secondary N) is 2. The average molecular weight is 488 g/mol. The van der Waals surface area contributed by atoms with Gasteiger partial charge in [0.25, 0.3) is 5.91 Å². The highest BCUT2D eigenvalue weighted by Gasteiger charge is 2.34. The van der Waals surface area contributed by atoms with Gasteiger partial charge in [-0.15, -0.1) is 0 Å². The van der Waals surface area contributed by atoms with Gasteiger partial charge in [0.15, 0.2) is 0 Å². The number of nitrogens with zero attached hydrogens (tertiary/aromatic N) is 1. The molecular weight excluding hydrogens is 454 g/mol. The van der Waals surface area contributed by atoms with E-state index in [0.29, 0.717) is 17.0 Å². The van der Waals surface area contributed by atoms with Crippen LogP contribution < -0.4 is 15.4 Å². The predicted molar refractivity (Wildman–Crippen MR) is 135 cm³/mol. The molecule has 0 heterocycles. The fourth-order valence-corrected chi connectivity index (χ4v) is 3.56. The SMILES string of the molecule is COc1ccc(NC(=O)C(c2ccccc2C)N(C)C(=O)C(CS)NC(=O)OC(C)(C)C)cc1. The van der Waals surface area contributed by atoms with Gasteiger partial charge in [-0.3, -0.25) is 9.59 Å². The topological polar surface area (TPSA) is 97.0 Å². The Bertz CT molecular complexity index is 1000. The second-order valence-corrected chi connectivity index (χ2v) is 9.17. The number of amides is 3. The smallest absolute Gasteiger partial charge is 0.408 e. The van der Waals surface area contributed by atoms with E-state index in [1.54, 1.807) is 58.2 Å². The molecule has 3 amide bonds. The first-order chi connectivity index (χ1) is 16.0. The fraction of sp³-hybridized carbons (Fsp3) is 0.400. The van der Waals surface area contributed by atoms with E-state index in [2.05, 4.69) is 23.3 Å². The maximum absolute atomic E-state index is 13.4. The lowest BCUT2D eigenvalue weighted by atomic mass is 9.98. The van der Waals surface area contributed by atoms with E-state index in [1.165, 1.54) is 11.9 Å². The van der Waals surface area contributed by atoms with Gasteiger partial charge in [-0.2, -0.15) is 12.6 Å². The van der Waals surface area contributed by atoms with E-state index in [1.807, 2.05) is 25.1 Å². The Morgan fingerprint density at radius 1 is 1.06 bits per heavy atom. The van der Waals surface area contributed by atoms with Gasteiger partial charge in [0, 0.05) is 18.5 Å². The lowest BCUT2D eigenvalue weighted by molar-refractivity contribution is -0.138. The highest BCUT2D eigenvalue weighted by Crippen LogP contribution is 2.26. The lowest BCUT2D eigenvalue weighted by Gasteiger charge is -2.32. The van der Waals surface area contributed by atoms with Gasteiger partial charge in [0.05, 0.1) is 7.11 Å². The minimum absolute atomic E-state index is 0.0308. The normalized spacial score (nSPS) is 12.8. The van der Waals surface area contributed by atoms with Crippen LogP contribution in [-0.4, -0.2) is 54.4 Å². The van der Waals surface area contributed by atoms with Gasteiger partial charge in [0.2, 0.25) is 5.91 Å². The predicted octanol–water partition coefficient (Wildman–Crippen LogP) is 3.96. The number of anilines is 1. The molecule has 2 aromatic rings. The largest absolute Gasteiger partial charge is 0.497 e. The van der Waals surface area contributed by atoms with Gasteiger partial charge in [0.1, 0.15) is 23.4 Å². The second kappa shape index (κ2) is 11.8. The number of hydrogen-bond donors (Lipinski definition) is 3. The maximum atomic E-state index is 13.4. The number of alkyl carbamates (subject to hydrolysis) is 1. The number of methoxy groups -OCH3 is 1. The van der Waals surface area contributed by atoms with Crippen LogP contribution >= 0.6 is 12.6 Å². The van der Waals surface area contributed by atoms with Crippen molar-refractivity contribution >= 4 is 36.2 Å². The van der Waals surface area contributed by atoms with Crippen molar-refractivity contribution in [3.8, 4) is 5.75 Å². The Hall–Kier alpha value is -3.20. The molecule has 0 aliphatic heterocycles. The zero-order valence-electron chi connectivity index (χ0n) is 20.4. The number of carbonyl (C=O) groups is 3. The Morgan fingerprint density at radius 2 is 1.68 bits per heavy atom. The summed E-state index contributed by atoms with van der Waals surface area (Å²) >= 11 is 4.23. The molecule has 0 saturated heterocycles.